The van der Waals surface area contributed by atoms with Crippen molar-refractivity contribution in [2.75, 3.05) is 30.5 Å². The fourth-order valence-electron chi connectivity index (χ4n) is 3.34. The van der Waals surface area contributed by atoms with Crippen LogP contribution < -0.4 is 15.0 Å². The Morgan fingerprint density at radius 2 is 1.83 bits per heavy atom. The number of rotatable bonds is 6. The maximum Gasteiger partial charge on any atom is 0.311 e. The molecule has 1 aliphatic rings. The number of nitrogens with zero attached hydrogens (tertiary/aromatic N) is 1. The molecular weight excluding hydrogens is 372 g/mol. The van der Waals surface area contributed by atoms with Gasteiger partial charge in [0.05, 0.1) is 13.0 Å². The minimum Gasteiger partial charge on any atom is -0.497 e. The number of methoxy groups -OCH3 is 1. The maximum atomic E-state index is 12.4. The fraction of sp³-hybridized carbons (Fsp3) is 0.318. The minimum absolute atomic E-state index is 0.0502. The summed E-state index contributed by atoms with van der Waals surface area (Å²) in [6, 6.07) is 12.8. The first kappa shape index (κ1) is 20.4. The van der Waals surface area contributed by atoms with E-state index in [0.717, 1.165) is 11.1 Å². The summed E-state index contributed by atoms with van der Waals surface area (Å²) in [6.45, 7) is 3.61. The van der Waals surface area contributed by atoms with Crippen molar-refractivity contribution in [2.24, 2.45) is 5.92 Å². The van der Waals surface area contributed by atoms with Gasteiger partial charge in [0.25, 0.3) is 5.91 Å². The first-order valence-electron chi connectivity index (χ1n) is 9.36. The molecule has 1 fully saturated rings. The van der Waals surface area contributed by atoms with E-state index in [1.54, 1.807) is 31.4 Å². The Morgan fingerprint density at radius 1 is 1.14 bits per heavy atom. The smallest absolute Gasteiger partial charge is 0.311 e. The summed E-state index contributed by atoms with van der Waals surface area (Å²) >= 11 is 0. The summed E-state index contributed by atoms with van der Waals surface area (Å²) in [5.74, 6) is -1.11. The van der Waals surface area contributed by atoms with Gasteiger partial charge in [0.2, 0.25) is 5.91 Å². The van der Waals surface area contributed by atoms with Crippen molar-refractivity contribution in [3.63, 3.8) is 0 Å². The molecule has 7 heteroatoms. The summed E-state index contributed by atoms with van der Waals surface area (Å²) in [5.41, 5.74) is 3.24. The third-order valence-electron chi connectivity index (χ3n) is 4.91. The van der Waals surface area contributed by atoms with E-state index in [-0.39, 0.29) is 18.9 Å². The van der Waals surface area contributed by atoms with E-state index >= 15 is 0 Å². The number of nitrogens with one attached hydrogen (secondary N) is 1. The molecule has 0 unspecified atom stereocenters. The molecule has 0 radical (unpaired) electrons. The van der Waals surface area contributed by atoms with Crippen LogP contribution in [0.2, 0.25) is 0 Å². The van der Waals surface area contributed by atoms with E-state index in [9.17, 15) is 14.4 Å². The second kappa shape index (κ2) is 8.77. The summed E-state index contributed by atoms with van der Waals surface area (Å²) in [6.07, 6.45) is 0.0502. The lowest BCUT2D eigenvalue weighted by Gasteiger charge is -2.17. The number of ether oxygens (including phenoxy) is 2. The number of carbonyl (C=O) groups is 3. The van der Waals surface area contributed by atoms with Gasteiger partial charge in [-0.25, -0.2) is 0 Å². The lowest BCUT2D eigenvalue weighted by molar-refractivity contribution is -0.151. The number of amides is 2. The van der Waals surface area contributed by atoms with Gasteiger partial charge in [-0.1, -0.05) is 24.3 Å². The van der Waals surface area contributed by atoms with Crippen LogP contribution in [-0.4, -0.2) is 38.0 Å². The van der Waals surface area contributed by atoms with E-state index in [1.165, 1.54) is 4.90 Å². The molecular formula is C22H24N2O5. The number of benzene rings is 2. The molecule has 2 aromatic carbocycles. The molecule has 7 nitrogen and oxygen atoms in total. The predicted octanol–water partition coefficient (Wildman–Crippen LogP) is 2.85. The van der Waals surface area contributed by atoms with Crippen molar-refractivity contribution in [1.82, 2.24) is 0 Å². The number of esters is 1. The highest BCUT2D eigenvalue weighted by Crippen LogP contribution is 2.28. The topological polar surface area (TPSA) is 84.9 Å². The van der Waals surface area contributed by atoms with Crippen molar-refractivity contribution in [3.05, 3.63) is 53.6 Å². The predicted molar refractivity (Wildman–Crippen MR) is 109 cm³/mol. The SMILES string of the molecule is COc1cccc(N2C[C@H](C(=O)OCC(=O)Nc3c(C)cccc3C)CC2=O)c1. The van der Waals surface area contributed by atoms with E-state index in [4.69, 9.17) is 9.47 Å². The van der Waals surface area contributed by atoms with Crippen molar-refractivity contribution in [3.8, 4) is 5.75 Å². The average molecular weight is 396 g/mol. The Hall–Kier alpha value is -3.35. The Balaban J connectivity index is 1.56. The Labute approximate surface area is 169 Å². The van der Waals surface area contributed by atoms with Crippen molar-refractivity contribution < 1.29 is 23.9 Å². The van der Waals surface area contributed by atoms with Gasteiger partial charge in [0, 0.05) is 30.4 Å². The van der Waals surface area contributed by atoms with Gasteiger partial charge in [0.15, 0.2) is 6.61 Å². The molecule has 1 heterocycles. The zero-order valence-electron chi connectivity index (χ0n) is 16.7. The summed E-state index contributed by atoms with van der Waals surface area (Å²) in [7, 11) is 1.55. The number of hydrogen-bond donors (Lipinski definition) is 1. The van der Waals surface area contributed by atoms with Gasteiger partial charge in [-0.3, -0.25) is 14.4 Å². The van der Waals surface area contributed by atoms with Crippen LogP contribution in [0.5, 0.6) is 5.75 Å². The molecule has 1 saturated heterocycles. The quantitative estimate of drug-likeness (QED) is 0.759. The van der Waals surface area contributed by atoms with E-state index < -0.39 is 24.4 Å². The lowest BCUT2D eigenvalue weighted by atomic mass is 10.1. The van der Waals surface area contributed by atoms with Gasteiger partial charge in [-0.2, -0.15) is 0 Å². The number of aryl methyl sites for hydroxylation is 2. The monoisotopic (exact) mass is 396 g/mol. The maximum absolute atomic E-state index is 12.4. The second-order valence-electron chi connectivity index (χ2n) is 7.03. The van der Waals surface area contributed by atoms with E-state index in [0.29, 0.717) is 17.1 Å². The van der Waals surface area contributed by atoms with Crippen LogP contribution in [0.3, 0.4) is 0 Å². The van der Waals surface area contributed by atoms with E-state index in [2.05, 4.69) is 5.32 Å². The third-order valence-corrected chi connectivity index (χ3v) is 4.91. The molecule has 152 valence electrons. The highest BCUT2D eigenvalue weighted by atomic mass is 16.5. The number of hydrogen-bond acceptors (Lipinski definition) is 5. The molecule has 0 bridgehead atoms. The molecule has 0 saturated carbocycles. The molecule has 0 aromatic heterocycles. The van der Waals surface area contributed by atoms with Gasteiger partial charge in [-0.05, 0) is 37.1 Å². The zero-order valence-corrected chi connectivity index (χ0v) is 16.7. The molecule has 2 amide bonds. The van der Waals surface area contributed by atoms with Crippen LogP contribution >= 0.6 is 0 Å². The summed E-state index contributed by atoms with van der Waals surface area (Å²) in [4.78, 5) is 38.4. The van der Waals surface area contributed by atoms with Crippen LogP contribution in [-0.2, 0) is 19.1 Å². The van der Waals surface area contributed by atoms with Crippen LogP contribution in [0.15, 0.2) is 42.5 Å². The number of para-hydroxylation sites is 1. The van der Waals surface area contributed by atoms with Gasteiger partial charge >= 0.3 is 5.97 Å². The number of carbonyl (C=O) groups excluding carboxylic acids is 3. The third kappa shape index (κ3) is 4.74. The summed E-state index contributed by atoms with van der Waals surface area (Å²) in [5, 5.41) is 2.77. The second-order valence-corrected chi connectivity index (χ2v) is 7.03. The molecule has 0 spiro atoms. The molecule has 1 atom stereocenters. The Morgan fingerprint density at radius 3 is 2.52 bits per heavy atom. The highest BCUT2D eigenvalue weighted by Gasteiger charge is 2.36. The standard InChI is InChI=1S/C22H24N2O5/c1-14-6-4-7-15(2)21(14)23-19(25)13-29-22(27)16-10-20(26)24(12-16)17-8-5-9-18(11-17)28-3/h4-9,11,16H,10,12-13H2,1-3H3,(H,23,25)/t16-/m1/s1. The van der Waals surface area contributed by atoms with E-state index in [1.807, 2.05) is 32.0 Å². The van der Waals surface area contributed by atoms with Gasteiger partial charge in [0.1, 0.15) is 5.75 Å². The fourth-order valence-corrected chi connectivity index (χ4v) is 3.34. The molecule has 29 heavy (non-hydrogen) atoms. The molecule has 1 aliphatic heterocycles. The van der Waals surface area contributed by atoms with Crippen LogP contribution in [0.25, 0.3) is 0 Å². The van der Waals surface area contributed by atoms with Crippen molar-refractivity contribution >= 4 is 29.2 Å². The Kier molecular flexibility index (Phi) is 6.16. The molecule has 2 aromatic rings. The lowest BCUT2D eigenvalue weighted by Crippen LogP contribution is -2.28. The van der Waals surface area contributed by atoms with Crippen molar-refractivity contribution in [1.29, 1.82) is 0 Å². The van der Waals surface area contributed by atoms with Crippen LogP contribution in [0.1, 0.15) is 17.5 Å². The van der Waals surface area contributed by atoms with Gasteiger partial charge < -0.3 is 19.7 Å². The van der Waals surface area contributed by atoms with Crippen LogP contribution in [0.4, 0.5) is 11.4 Å². The van der Waals surface area contributed by atoms with Crippen molar-refractivity contribution in [2.45, 2.75) is 20.3 Å². The zero-order chi connectivity index (χ0) is 21.0. The summed E-state index contributed by atoms with van der Waals surface area (Å²) < 4.78 is 10.3. The molecule has 0 aliphatic carbocycles. The first-order valence-corrected chi connectivity index (χ1v) is 9.36. The highest BCUT2D eigenvalue weighted by molar-refractivity contribution is 6.00. The molecule has 1 N–H and O–H groups in total. The minimum atomic E-state index is -0.610. The normalized spacial score (nSPS) is 15.9. The van der Waals surface area contributed by atoms with Gasteiger partial charge in [-0.15, -0.1) is 0 Å². The largest absolute Gasteiger partial charge is 0.497 e. The first-order chi connectivity index (χ1) is 13.9. The number of anilines is 2. The molecule has 3 rings (SSSR count). The van der Waals surface area contributed by atoms with Crippen LogP contribution in [0, 0.1) is 19.8 Å². The Bertz CT molecular complexity index is 920. The average Bonchev–Trinajstić information content (AvgIpc) is 3.11.